The summed E-state index contributed by atoms with van der Waals surface area (Å²) in [6.07, 6.45) is 1.83. The van der Waals surface area contributed by atoms with Crippen LogP contribution in [0.2, 0.25) is 0 Å². The Kier molecular flexibility index (Phi) is 6.07. The summed E-state index contributed by atoms with van der Waals surface area (Å²) in [4.78, 5) is 15.9. The van der Waals surface area contributed by atoms with E-state index in [4.69, 9.17) is 4.18 Å². The molecule has 0 aliphatic carbocycles. The highest BCUT2D eigenvalue weighted by Gasteiger charge is 2.28. The SMILES string of the molecule is Cc1cccc(OS(C)(=O)=O)c1S(=O)(=O)NC(=O)c1cn(C)c(-c2c(F)cccc2F)n1. The Labute approximate surface area is 182 Å². The van der Waals surface area contributed by atoms with Gasteiger partial charge in [0.25, 0.3) is 15.9 Å². The maximum absolute atomic E-state index is 14.1. The minimum atomic E-state index is -4.61. The highest BCUT2D eigenvalue weighted by Crippen LogP contribution is 2.29. The normalized spacial score (nSPS) is 11.9. The third-order valence-electron chi connectivity index (χ3n) is 4.21. The highest BCUT2D eigenvalue weighted by atomic mass is 32.2. The van der Waals surface area contributed by atoms with E-state index < -0.39 is 59.6 Å². The molecule has 3 aromatic rings. The molecule has 1 amide bonds. The lowest BCUT2D eigenvalue weighted by molar-refractivity contribution is 0.0977. The maximum Gasteiger partial charge on any atom is 0.306 e. The molecule has 1 heterocycles. The first-order chi connectivity index (χ1) is 14.8. The summed E-state index contributed by atoms with van der Waals surface area (Å²) in [5, 5.41) is 0. The van der Waals surface area contributed by atoms with Gasteiger partial charge in [-0.05, 0) is 30.7 Å². The van der Waals surface area contributed by atoms with Crippen molar-refractivity contribution in [3.8, 4) is 17.1 Å². The molecule has 3 rings (SSSR count). The van der Waals surface area contributed by atoms with Gasteiger partial charge in [-0.2, -0.15) is 8.42 Å². The fourth-order valence-corrected chi connectivity index (χ4v) is 4.78. The van der Waals surface area contributed by atoms with Crippen molar-refractivity contribution in [2.24, 2.45) is 7.05 Å². The summed E-state index contributed by atoms with van der Waals surface area (Å²) in [6.45, 7) is 1.38. The van der Waals surface area contributed by atoms with E-state index in [1.807, 2.05) is 0 Å². The molecule has 0 fully saturated rings. The number of carbonyl (C=O) groups excluding carboxylic acids is 1. The monoisotopic (exact) mass is 485 g/mol. The number of nitrogens with one attached hydrogen (secondary N) is 1. The van der Waals surface area contributed by atoms with Gasteiger partial charge in [0.05, 0.1) is 11.8 Å². The summed E-state index contributed by atoms with van der Waals surface area (Å²) < 4.78 is 84.5. The molecule has 32 heavy (non-hydrogen) atoms. The zero-order valence-corrected chi connectivity index (χ0v) is 18.6. The summed E-state index contributed by atoms with van der Waals surface area (Å²) in [5.74, 6) is -3.76. The lowest BCUT2D eigenvalue weighted by Crippen LogP contribution is -2.31. The molecule has 9 nitrogen and oxygen atoms in total. The van der Waals surface area contributed by atoms with Gasteiger partial charge in [0.1, 0.15) is 28.0 Å². The summed E-state index contributed by atoms with van der Waals surface area (Å²) in [5.41, 5.74) is -0.811. The van der Waals surface area contributed by atoms with E-state index in [0.29, 0.717) is 0 Å². The maximum atomic E-state index is 14.1. The average Bonchev–Trinajstić information content (AvgIpc) is 3.01. The van der Waals surface area contributed by atoms with E-state index in [9.17, 15) is 30.4 Å². The fraction of sp³-hybridized carbons (Fsp3) is 0.158. The number of halogens is 2. The molecule has 0 spiro atoms. The van der Waals surface area contributed by atoms with E-state index >= 15 is 0 Å². The van der Waals surface area contributed by atoms with Gasteiger partial charge in [0.15, 0.2) is 5.75 Å². The lowest BCUT2D eigenvalue weighted by atomic mass is 10.2. The van der Waals surface area contributed by atoms with E-state index in [0.717, 1.165) is 41.3 Å². The zero-order chi connectivity index (χ0) is 23.8. The van der Waals surface area contributed by atoms with Crippen molar-refractivity contribution in [2.45, 2.75) is 11.8 Å². The highest BCUT2D eigenvalue weighted by molar-refractivity contribution is 7.90. The van der Waals surface area contributed by atoms with Crippen LogP contribution in [0.4, 0.5) is 8.78 Å². The van der Waals surface area contributed by atoms with E-state index in [1.54, 1.807) is 4.72 Å². The second-order valence-corrected chi connectivity index (χ2v) is 9.98. The second kappa shape index (κ2) is 8.31. The Bertz CT molecular complexity index is 1410. The number of nitrogens with zero attached hydrogens (tertiary/aromatic N) is 2. The van der Waals surface area contributed by atoms with Crippen LogP contribution in [0.1, 0.15) is 16.1 Å². The van der Waals surface area contributed by atoms with Crippen molar-refractivity contribution < 1.29 is 34.6 Å². The van der Waals surface area contributed by atoms with Gasteiger partial charge in [-0.25, -0.2) is 26.9 Å². The average molecular weight is 485 g/mol. The van der Waals surface area contributed by atoms with Crippen LogP contribution >= 0.6 is 0 Å². The van der Waals surface area contributed by atoms with Crippen molar-refractivity contribution in [2.75, 3.05) is 6.26 Å². The number of aryl methyl sites for hydroxylation is 2. The van der Waals surface area contributed by atoms with E-state index in [1.165, 1.54) is 26.1 Å². The minimum absolute atomic E-state index is 0.113. The molecule has 0 unspecified atom stereocenters. The van der Waals surface area contributed by atoms with Gasteiger partial charge in [0, 0.05) is 13.2 Å². The Balaban J connectivity index is 1.99. The predicted octanol–water partition coefficient (Wildman–Crippen LogP) is 2.13. The fourth-order valence-electron chi connectivity index (χ4n) is 2.94. The Morgan fingerprint density at radius 1 is 1.06 bits per heavy atom. The molecule has 0 bridgehead atoms. The first-order valence-corrected chi connectivity index (χ1v) is 12.1. The number of hydrogen-bond acceptors (Lipinski definition) is 7. The number of amides is 1. The first-order valence-electron chi connectivity index (χ1n) is 8.84. The number of benzene rings is 2. The standard InChI is InChI=1S/C19H17F2N3O6S2/c1-11-6-4-9-15(30-31(3,26)27)17(11)32(28,29)23-19(25)14-10-24(2)18(22-14)16-12(20)7-5-8-13(16)21/h4-10H,1-3H3,(H,23,25). The predicted molar refractivity (Wildman–Crippen MR) is 110 cm³/mol. The molecule has 2 aromatic carbocycles. The molecule has 0 saturated carbocycles. The Morgan fingerprint density at radius 3 is 2.25 bits per heavy atom. The number of rotatable bonds is 6. The molecule has 170 valence electrons. The smallest absolute Gasteiger partial charge is 0.306 e. The van der Waals surface area contributed by atoms with Crippen LogP contribution in [0.25, 0.3) is 11.4 Å². The van der Waals surface area contributed by atoms with Crippen molar-refractivity contribution in [3.63, 3.8) is 0 Å². The Hall–Kier alpha value is -3.32. The van der Waals surface area contributed by atoms with Crippen LogP contribution < -0.4 is 8.91 Å². The second-order valence-electron chi connectivity index (χ2n) is 6.78. The van der Waals surface area contributed by atoms with E-state index in [-0.39, 0.29) is 11.4 Å². The summed E-state index contributed by atoms with van der Waals surface area (Å²) in [6, 6.07) is 7.07. The zero-order valence-electron chi connectivity index (χ0n) is 17.0. The molecule has 0 atom stereocenters. The van der Waals surface area contributed by atoms with Gasteiger partial charge in [-0.3, -0.25) is 4.79 Å². The third kappa shape index (κ3) is 4.78. The number of aromatic nitrogens is 2. The molecule has 0 aliphatic rings. The molecule has 0 aliphatic heterocycles. The largest absolute Gasteiger partial charge is 0.381 e. The van der Waals surface area contributed by atoms with Crippen LogP contribution in [-0.4, -0.2) is 38.5 Å². The molecule has 1 N–H and O–H groups in total. The summed E-state index contributed by atoms with van der Waals surface area (Å²) in [7, 11) is -7.30. The quantitative estimate of drug-likeness (QED) is 0.531. The number of sulfonamides is 1. The first kappa shape index (κ1) is 23.3. The molecule has 13 heteroatoms. The van der Waals surface area contributed by atoms with Crippen molar-refractivity contribution >= 4 is 26.0 Å². The van der Waals surface area contributed by atoms with Gasteiger partial charge >= 0.3 is 10.1 Å². The van der Waals surface area contributed by atoms with Crippen LogP contribution in [0.5, 0.6) is 5.75 Å². The molecule has 0 radical (unpaired) electrons. The van der Waals surface area contributed by atoms with Crippen molar-refractivity contribution in [1.29, 1.82) is 0 Å². The van der Waals surface area contributed by atoms with Crippen LogP contribution in [-0.2, 0) is 27.2 Å². The summed E-state index contributed by atoms with van der Waals surface area (Å²) >= 11 is 0. The topological polar surface area (TPSA) is 124 Å². The molecular formula is C19H17F2N3O6S2. The van der Waals surface area contributed by atoms with Gasteiger partial charge in [-0.15, -0.1) is 0 Å². The van der Waals surface area contributed by atoms with Crippen molar-refractivity contribution in [1.82, 2.24) is 14.3 Å². The third-order valence-corrected chi connectivity index (χ3v) is 6.21. The van der Waals surface area contributed by atoms with Crippen LogP contribution in [0.15, 0.2) is 47.5 Å². The van der Waals surface area contributed by atoms with Gasteiger partial charge < -0.3 is 8.75 Å². The number of carbonyl (C=O) groups is 1. The number of hydrogen-bond donors (Lipinski definition) is 1. The molecule has 0 saturated heterocycles. The van der Waals surface area contributed by atoms with Crippen LogP contribution in [0, 0.1) is 18.6 Å². The van der Waals surface area contributed by atoms with E-state index in [2.05, 4.69) is 4.98 Å². The molecule has 1 aromatic heterocycles. The Morgan fingerprint density at radius 2 is 1.66 bits per heavy atom. The van der Waals surface area contributed by atoms with Gasteiger partial charge in [0.2, 0.25) is 0 Å². The minimum Gasteiger partial charge on any atom is -0.381 e. The number of imidazole rings is 1. The van der Waals surface area contributed by atoms with Crippen LogP contribution in [0.3, 0.4) is 0 Å². The van der Waals surface area contributed by atoms with Crippen molar-refractivity contribution in [3.05, 3.63) is 65.5 Å². The van der Waals surface area contributed by atoms with Gasteiger partial charge in [-0.1, -0.05) is 18.2 Å². The lowest BCUT2D eigenvalue weighted by Gasteiger charge is -2.13. The molecular weight excluding hydrogens is 468 g/mol.